The second kappa shape index (κ2) is 6.17. The molecule has 4 heteroatoms. The van der Waals surface area contributed by atoms with Crippen LogP contribution in [0.25, 0.3) is 0 Å². The molecule has 0 aliphatic rings. The molecule has 6 heavy (non-hydrogen) atoms. The number of carbonyl (C=O) groups excluding carboxylic acids is 1. The van der Waals surface area contributed by atoms with Crippen molar-refractivity contribution in [2.24, 2.45) is 0 Å². The molecular weight excluding hydrogens is 106 g/mol. The topological polar surface area (TPSA) is 26.3 Å². The van der Waals surface area contributed by atoms with Crippen molar-refractivity contribution in [3.05, 3.63) is 0 Å². The molecule has 0 aromatic carbocycles. The first-order valence-corrected chi connectivity index (χ1v) is 1.14. The van der Waals surface area contributed by atoms with Gasteiger partial charge in [-0.3, -0.25) is 4.79 Å². The van der Waals surface area contributed by atoms with E-state index in [9.17, 15) is 4.79 Å². The molecule has 0 saturated carbocycles. The normalized spacial score (nSPS) is 5.50. The fourth-order valence-corrected chi connectivity index (χ4v) is 0. The summed E-state index contributed by atoms with van der Waals surface area (Å²) < 4.78 is 3.61. The third-order valence-electron chi connectivity index (χ3n) is 0.166. The van der Waals surface area contributed by atoms with Gasteiger partial charge in [0.05, 0.1) is 0 Å². The van der Waals surface area contributed by atoms with E-state index in [1.54, 1.807) is 0 Å². The minimum absolute atomic E-state index is 0. The van der Waals surface area contributed by atoms with Crippen LogP contribution in [0.4, 0.5) is 0 Å². The van der Waals surface area contributed by atoms with Crippen LogP contribution in [0.3, 0.4) is 0 Å². The van der Waals surface area contributed by atoms with E-state index in [1.165, 1.54) is 6.92 Å². The molecule has 0 N–H and O–H groups in total. The van der Waals surface area contributed by atoms with E-state index in [0.717, 1.165) is 0 Å². The van der Waals surface area contributed by atoms with Gasteiger partial charge in [-0.25, -0.2) is 0 Å². The van der Waals surface area contributed by atoms with Crippen LogP contribution in [-0.2, 0) is 9.45 Å². The maximum Gasteiger partial charge on any atom is 1.00 e. The van der Waals surface area contributed by atoms with Gasteiger partial charge in [0.15, 0.2) is 0 Å². The van der Waals surface area contributed by atoms with Gasteiger partial charge in [-0.2, -0.15) is 0 Å². The van der Waals surface area contributed by atoms with E-state index in [4.69, 9.17) is 0 Å². The molecule has 0 aliphatic heterocycles. The van der Waals surface area contributed by atoms with Crippen LogP contribution in [0.2, 0.25) is 0 Å². The van der Waals surface area contributed by atoms with E-state index in [-0.39, 0.29) is 52.8 Å². The Morgan fingerprint density at radius 1 is 2.00 bits per heavy atom. The number of carbonyl (C=O) groups is 1. The van der Waals surface area contributed by atoms with E-state index in [1.807, 2.05) is 0 Å². The standard InChI is InChI=1S/C2H3BO2.K.H/c1-2(4)5-3;;/h1H3;;/q;+1;-1. The van der Waals surface area contributed by atoms with Gasteiger partial charge in [0, 0.05) is 6.92 Å². The molecule has 0 spiro atoms. The molecule has 28 valence electrons. The second-order valence-electron chi connectivity index (χ2n) is 0.609. The third kappa shape index (κ3) is 8.95. The van der Waals surface area contributed by atoms with Crippen molar-refractivity contribution in [2.45, 2.75) is 6.92 Å². The van der Waals surface area contributed by atoms with Crippen LogP contribution in [0.1, 0.15) is 8.35 Å². The Kier molecular flexibility index (Phi) is 10.5. The molecule has 0 aliphatic carbocycles. The predicted molar refractivity (Wildman–Crippen MR) is 18.6 cm³/mol. The summed E-state index contributed by atoms with van der Waals surface area (Å²) in [5.41, 5.74) is 0. The van der Waals surface area contributed by atoms with Crippen molar-refractivity contribution < 1.29 is 62.3 Å². The third-order valence-corrected chi connectivity index (χ3v) is 0.166. The van der Waals surface area contributed by atoms with Gasteiger partial charge >= 0.3 is 59.4 Å². The minimum Gasteiger partial charge on any atom is -1.00 e. The van der Waals surface area contributed by atoms with E-state index < -0.39 is 5.97 Å². The zero-order valence-corrected chi connectivity index (χ0v) is 7.02. The summed E-state index contributed by atoms with van der Waals surface area (Å²) in [7, 11) is 4.32. The van der Waals surface area contributed by atoms with Crippen LogP contribution in [0.15, 0.2) is 0 Å². The van der Waals surface area contributed by atoms with Gasteiger partial charge < -0.3 is 6.08 Å². The number of rotatable bonds is 0. The van der Waals surface area contributed by atoms with Gasteiger partial charge in [0.25, 0.3) is 5.97 Å². The summed E-state index contributed by atoms with van der Waals surface area (Å²) in [5.74, 6) is -0.468. The molecule has 0 amide bonds. The second-order valence-corrected chi connectivity index (χ2v) is 0.609. The van der Waals surface area contributed by atoms with Crippen LogP contribution >= 0.6 is 0 Å². The van der Waals surface area contributed by atoms with Gasteiger partial charge in [-0.05, 0) is 0 Å². The van der Waals surface area contributed by atoms with Crippen molar-refractivity contribution in [2.75, 3.05) is 0 Å². The van der Waals surface area contributed by atoms with Crippen LogP contribution < -0.4 is 51.4 Å². The maximum atomic E-state index is 9.47. The maximum absolute atomic E-state index is 9.47. The Labute approximate surface area is 82.0 Å². The Balaban J connectivity index is -0.0000000800. The van der Waals surface area contributed by atoms with E-state index in [0.29, 0.717) is 0 Å². The van der Waals surface area contributed by atoms with Crippen molar-refractivity contribution in [1.29, 1.82) is 0 Å². The van der Waals surface area contributed by atoms with Crippen molar-refractivity contribution in [3.63, 3.8) is 0 Å². The van der Waals surface area contributed by atoms with E-state index >= 15 is 0 Å². The van der Waals surface area contributed by atoms with Crippen molar-refractivity contribution in [1.82, 2.24) is 0 Å². The quantitative estimate of drug-likeness (QED) is 0.306. The zero-order valence-electron chi connectivity index (χ0n) is 4.89. The summed E-state index contributed by atoms with van der Waals surface area (Å²) in [6, 6.07) is 0. The summed E-state index contributed by atoms with van der Waals surface area (Å²) in [6.07, 6.45) is 0. The number of hydrogen-bond donors (Lipinski definition) is 0. The Hall–Kier alpha value is 1.17. The van der Waals surface area contributed by atoms with Gasteiger partial charge in [-0.1, -0.05) is 0 Å². The Bertz CT molecular complexity index is 51.0. The predicted octanol–water partition coefficient (Wildman–Crippen LogP) is -3.25. The molecule has 0 atom stereocenters. The first kappa shape index (κ1) is 10.2. The molecule has 0 aromatic rings. The van der Waals surface area contributed by atoms with Crippen LogP contribution in [-0.4, -0.2) is 14.0 Å². The summed E-state index contributed by atoms with van der Waals surface area (Å²) >= 11 is 0. The fraction of sp³-hybridized carbons (Fsp3) is 0.500. The molecular formula is C2H4BKO2. The minimum atomic E-state index is -0.468. The summed E-state index contributed by atoms with van der Waals surface area (Å²) in [6.45, 7) is 1.24. The summed E-state index contributed by atoms with van der Waals surface area (Å²) in [4.78, 5) is 9.47. The smallest absolute Gasteiger partial charge is 1.00 e. The molecule has 2 nitrogen and oxygen atoms in total. The molecule has 2 radical (unpaired) electrons. The van der Waals surface area contributed by atoms with Gasteiger partial charge in [0.2, 0.25) is 0 Å². The molecule has 0 unspecified atom stereocenters. The molecule has 0 rings (SSSR count). The van der Waals surface area contributed by atoms with Gasteiger partial charge in [-0.15, -0.1) is 0 Å². The van der Waals surface area contributed by atoms with E-state index in [2.05, 4.69) is 12.7 Å². The van der Waals surface area contributed by atoms with Crippen molar-refractivity contribution >= 4 is 14.0 Å². The summed E-state index contributed by atoms with van der Waals surface area (Å²) in [5, 5.41) is 0. The largest absolute Gasteiger partial charge is 1.00 e. The van der Waals surface area contributed by atoms with Gasteiger partial charge in [0.1, 0.15) is 0 Å². The van der Waals surface area contributed by atoms with Crippen molar-refractivity contribution in [3.8, 4) is 0 Å². The Morgan fingerprint density at radius 2 is 2.17 bits per heavy atom. The molecule has 0 aromatic heterocycles. The average molecular weight is 110 g/mol. The fourth-order valence-electron chi connectivity index (χ4n) is 0. The molecule has 0 heterocycles. The zero-order chi connectivity index (χ0) is 4.28. The molecule has 0 bridgehead atoms. The first-order valence-electron chi connectivity index (χ1n) is 1.14. The van der Waals surface area contributed by atoms with Crippen LogP contribution in [0.5, 0.6) is 0 Å². The SMILES string of the molecule is [B]OC(C)=O.[H-].[K+]. The molecule has 0 fully saturated rings. The average Bonchev–Trinajstić information content (AvgIpc) is 1.38. The first-order chi connectivity index (χ1) is 2.27. The van der Waals surface area contributed by atoms with Crippen LogP contribution in [0, 0.1) is 0 Å². The monoisotopic (exact) mass is 110 g/mol. The molecule has 0 saturated heterocycles. The Morgan fingerprint density at radius 3 is 2.17 bits per heavy atom. The number of hydrogen-bond acceptors (Lipinski definition) is 2.